The molecule has 4 heterocycles. The first-order chi connectivity index (χ1) is 14.7. The summed E-state index contributed by atoms with van der Waals surface area (Å²) in [4.78, 5) is 39.2. The maximum Gasteiger partial charge on any atom is 0.257 e. The summed E-state index contributed by atoms with van der Waals surface area (Å²) in [5, 5.41) is 3.22. The Labute approximate surface area is 175 Å². The van der Waals surface area contributed by atoms with Gasteiger partial charge in [-0.15, -0.1) is 0 Å². The van der Waals surface area contributed by atoms with Crippen molar-refractivity contribution in [3.8, 4) is 0 Å². The summed E-state index contributed by atoms with van der Waals surface area (Å²) >= 11 is 0. The molecule has 5 rings (SSSR count). The molecule has 3 fully saturated rings. The molecule has 0 spiro atoms. The number of anilines is 1. The number of likely N-dealkylation sites (tertiary alicyclic amines) is 1. The molecule has 2 saturated heterocycles. The highest BCUT2D eigenvalue weighted by Crippen LogP contribution is 2.44. The van der Waals surface area contributed by atoms with E-state index in [1.165, 1.54) is 25.4 Å². The van der Waals surface area contributed by atoms with Gasteiger partial charge in [-0.1, -0.05) is 0 Å². The van der Waals surface area contributed by atoms with Crippen LogP contribution in [0.1, 0.15) is 36.0 Å². The van der Waals surface area contributed by atoms with Crippen LogP contribution in [0.5, 0.6) is 0 Å². The quantitative estimate of drug-likeness (QED) is 0.812. The lowest BCUT2D eigenvalue weighted by molar-refractivity contribution is -0.132. The molecule has 30 heavy (non-hydrogen) atoms. The molecular weight excluding hydrogens is 382 g/mol. The first kappa shape index (κ1) is 19.1. The first-order valence-electron chi connectivity index (χ1n) is 10.8. The highest BCUT2D eigenvalue weighted by molar-refractivity contribution is 5.94. The summed E-state index contributed by atoms with van der Waals surface area (Å²) in [7, 11) is 0. The van der Waals surface area contributed by atoms with Crippen LogP contribution in [-0.4, -0.2) is 59.4 Å². The van der Waals surface area contributed by atoms with Crippen molar-refractivity contribution >= 4 is 17.8 Å². The number of nitrogens with one attached hydrogen (secondary N) is 1. The second kappa shape index (κ2) is 7.74. The fourth-order valence-corrected chi connectivity index (χ4v) is 4.90. The van der Waals surface area contributed by atoms with Crippen LogP contribution in [0.4, 0.5) is 5.95 Å². The molecule has 0 radical (unpaired) electrons. The minimum Gasteiger partial charge on any atom is -0.472 e. The van der Waals surface area contributed by atoms with Crippen molar-refractivity contribution in [3.05, 3.63) is 42.6 Å². The fraction of sp³-hybridized carbons (Fsp3) is 0.545. The lowest BCUT2D eigenvalue weighted by Crippen LogP contribution is -2.48. The number of hydrogen-bond acceptors (Lipinski definition) is 6. The summed E-state index contributed by atoms with van der Waals surface area (Å²) in [6, 6.07) is 3.49. The number of aromatic nitrogens is 2. The number of fused-ring (bicyclic) bond motifs is 1. The van der Waals surface area contributed by atoms with Crippen LogP contribution in [0.25, 0.3) is 0 Å². The normalized spacial score (nSPS) is 26.2. The maximum atomic E-state index is 13.5. The second-order valence-electron chi connectivity index (χ2n) is 8.80. The zero-order valence-electron chi connectivity index (χ0n) is 17.0. The zero-order valence-corrected chi connectivity index (χ0v) is 17.0. The Morgan fingerprint density at radius 3 is 2.80 bits per heavy atom. The summed E-state index contributed by atoms with van der Waals surface area (Å²) < 4.78 is 5.10. The minimum atomic E-state index is -0.528. The predicted octanol–water partition coefficient (Wildman–Crippen LogP) is 1.95. The molecule has 2 amide bonds. The van der Waals surface area contributed by atoms with Gasteiger partial charge >= 0.3 is 0 Å². The Balaban J connectivity index is 1.41. The average Bonchev–Trinajstić information content (AvgIpc) is 3.36. The number of nitrogens with zero attached hydrogens (tertiary/aromatic N) is 4. The molecule has 2 aliphatic heterocycles. The van der Waals surface area contributed by atoms with Gasteiger partial charge in [0.05, 0.1) is 17.2 Å². The fourth-order valence-electron chi connectivity index (χ4n) is 4.90. The summed E-state index contributed by atoms with van der Waals surface area (Å²) in [5.41, 5.74) is 0.0291. The van der Waals surface area contributed by atoms with Crippen LogP contribution in [0, 0.1) is 17.3 Å². The van der Waals surface area contributed by atoms with E-state index in [-0.39, 0.29) is 17.7 Å². The molecule has 0 bridgehead atoms. The van der Waals surface area contributed by atoms with E-state index in [4.69, 9.17) is 4.42 Å². The Morgan fingerprint density at radius 1 is 1.23 bits per heavy atom. The monoisotopic (exact) mass is 409 g/mol. The Morgan fingerprint density at radius 2 is 2.07 bits per heavy atom. The maximum absolute atomic E-state index is 13.5. The lowest BCUT2D eigenvalue weighted by atomic mass is 9.74. The van der Waals surface area contributed by atoms with Crippen molar-refractivity contribution < 1.29 is 14.0 Å². The van der Waals surface area contributed by atoms with E-state index in [1.54, 1.807) is 24.5 Å². The third-order valence-corrected chi connectivity index (χ3v) is 6.78. The number of rotatable bonds is 5. The molecule has 8 nitrogen and oxygen atoms in total. The van der Waals surface area contributed by atoms with Crippen LogP contribution in [0.15, 0.2) is 41.5 Å². The molecule has 0 unspecified atom stereocenters. The molecular formula is C22H27N5O3. The molecule has 158 valence electrons. The second-order valence-corrected chi connectivity index (χ2v) is 8.80. The van der Waals surface area contributed by atoms with Crippen molar-refractivity contribution in [1.29, 1.82) is 0 Å². The molecule has 8 heteroatoms. The molecule has 3 aliphatic rings. The molecule has 1 saturated carbocycles. The van der Waals surface area contributed by atoms with Crippen LogP contribution >= 0.6 is 0 Å². The van der Waals surface area contributed by atoms with E-state index in [2.05, 4.69) is 20.2 Å². The largest absolute Gasteiger partial charge is 0.472 e. The molecule has 2 aromatic rings. The smallest absolute Gasteiger partial charge is 0.257 e. The highest BCUT2D eigenvalue weighted by atomic mass is 16.3. The van der Waals surface area contributed by atoms with Crippen molar-refractivity contribution in [2.24, 2.45) is 17.3 Å². The molecule has 1 aliphatic carbocycles. The average molecular weight is 409 g/mol. The van der Waals surface area contributed by atoms with Crippen molar-refractivity contribution in [1.82, 2.24) is 20.2 Å². The van der Waals surface area contributed by atoms with E-state index in [0.29, 0.717) is 43.6 Å². The summed E-state index contributed by atoms with van der Waals surface area (Å²) in [6.07, 6.45) is 10.4. The lowest BCUT2D eigenvalue weighted by Gasteiger charge is -2.32. The van der Waals surface area contributed by atoms with Gasteiger partial charge in [0.2, 0.25) is 11.9 Å². The van der Waals surface area contributed by atoms with Crippen molar-refractivity contribution in [2.45, 2.75) is 25.7 Å². The van der Waals surface area contributed by atoms with Gasteiger partial charge in [0.1, 0.15) is 6.26 Å². The van der Waals surface area contributed by atoms with Gasteiger partial charge in [0, 0.05) is 51.0 Å². The van der Waals surface area contributed by atoms with E-state index < -0.39 is 5.41 Å². The number of furan rings is 1. The van der Waals surface area contributed by atoms with Gasteiger partial charge in [0.15, 0.2) is 0 Å². The first-order valence-corrected chi connectivity index (χ1v) is 10.8. The van der Waals surface area contributed by atoms with Crippen LogP contribution in [-0.2, 0) is 4.79 Å². The highest BCUT2D eigenvalue weighted by Gasteiger charge is 2.54. The Hall–Kier alpha value is -2.90. The molecule has 2 atom stereocenters. The van der Waals surface area contributed by atoms with Gasteiger partial charge in [-0.25, -0.2) is 9.97 Å². The van der Waals surface area contributed by atoms with Crippen LogP contribution < -0.4 is 10.2 Å². The minimum absolute atomic E-state index is 0.0267. The van der Waals surface area contributed by atoms with Crippen molar-refractivity contribution in [3.63, 3.8) is 0 Å². The van der Waals surface area contributed by atoms with E-state index in [0.717, 1.165) is 19.4 Å². The number of amides is 2. The van der Waals surface area contributed by atoms with Crippen LogP contribution in [0.2, 0.25) is 0 Å². The van der Waals surface area contributed by atoms with Crippen LogP contribution in [0.3, 0.4) is 0 Å². The topological polar surface area (TPSA) is 91.6 Å². The predicted molar refractivity (Wildman–Crippen MR) is 110 cm³/mol. The van der Waals surface area contributed by atoms with E-state index >= 15 is 0 Å². The molecule has 0 aromatic carbocycles. The zero-order chi connectivity index (χ0) is 20.6. The SMILES string of the molecule is O=C(c1ccoc1)N1CCC[C@]2(C(=O)NCC3CC3)CN(c3ncccn3)C[C@@H]2C1. The van der Waals surface area contributed by atoms with E-state index in [9.17, 15) is 9.59 Å². The number of carbonyl (C=O) groups excluding carboxylic acids is 2. The third kappa shape index (κ3) is 3.55. The summed E-state index contributed by atoms with van der Waals surface area (Å²) in [5.74, 6) is 1.39. The Kier molecular flexibility index (Phi) is 4.92. The summed E-state index contributed by atoms with van der Waals surface area (Å²) in [6.45, 7) is 3.21. The number of hydrogen-bond donors (Lipinski definition) is 1. The Bertz CT molecular complexity index is 899. The van der Waals surface area contributed by atoms with Crippen molar-refractivity contribution in [2.75, 3.05) is 37.6 Å². The van der Waals surface area contributed by atoms with Gasteiger partial charge in [-0.3, -0.25) is 9.59 Å². The molecule has 1 N–H and O–H groups in total. The standard InChI is InChI=1S/C22H27N5O3/c28-19(17-5-10-30-14-17)26-9-1-6-22(20(29)25-11-16-3-4-16)15-27(13-18(22)12-26)21-23-7-2-8-24-21/h2,5,7-8,10,14,16,18H,1,3-4,6,9,11-13,15H2,(H,25,29)/t18-,22-/m0/s1. The van der Waals surface area contributed by atoms with Gasteiger partial charge in [-0.2, -0.15) is 0 Å². The van der Waals surface area contributed by atoms with Gasteiger partial charge in [0.25, 0.3) is 5.91 Å². The van der Waals surface area contributed by atoms with Gasteiger partial charge in [-0.05, 0) is 43.7 Å². The number of carbonyl (C=O) groups is 2. The third-order valence-electron chi connectivity index (χ3n) is 6.78. The van der Waals surface area contributed by atoms with E-state index in [1.807, 2.05) is 4.90 Å². The molecule has 2 aromatic heterocycles. The van der Waals surface area contributed by atoms with Gasteiger partial charge < -0.3 is 19.5 Å².